The SMILES string of the molecule is CC(=O)Nc1cccc(C(=O)N[C@@H](Cc2cccc(I)c2)C(=O)O)c1. The Morgan fingerprint density at radius 1 is 1.12 bits per heavy atom. The first-order valence-corrected chi connectivity index (χ1v) is 8.59. The third-order valence-corrected chi connectivity index (χ3v) is 4.05. The summed E-state index contributed by atoms with van der Waals surface area (Å²) in [5.41, 5.74) is 1.58. The zero-order valence-electron chi connectivity index (χ0n) is 13.5. The van der Waals surface area contributed by atoms with E-state index in [4.69, 9.17) is 0 Å². The standard InChI is InChI=1S/C18H17IN2O4/c1-11(22)20-15-7-3-5-13(10-15)17(23)21-16(18(24)25)9-12-4-2-6-14(19)8-12/h2-8,10,16H,9H2,1H3,(H,20,22)(H,21,23)(H,24,25)/t16-/m0/s1. The molecule has 0 aromatic heterocycles. The number of amides is 2. The van der Waals surface area contributed by atoms with E-state index in [2.05, 4.69) is 33.2 Å². The number of hydrogen-bond acceptors (Lipinski definition) is 3. The molecule has 130 valence electrons. The van der Waals surface area contributed by atoms with E-state index in [0.29, 0.717) is 5.69 Å². The predicted octanol–water partition coefficient (Wildman–Crippen LogP) is 2.68. The Balaban J connectivity index is 2.12. The minimum atomic E-state index is -1.11. The first kappa shape index (κ1) is 18.9. The molecule has 0 aliphatic heterocycles. The zero-order chi connectivity index (χ0) is 18.4. The number of anilines is 1. The second kappa shape index (κ2) is 8.61. The maximum absolute atomic E-state index is 12.4. The summed E-state index contributed by atoms with van der Waals surface area (Å²) >= 11 is 2.15. The van der Waals surface area contributed by atoms with Crippen molar-refractivity contribution in [2.75, 3.05) is 5.32 Å². The summed E-state index contributed by atoms with van der Waals surface area (Å²) in [6.45, 7) is 1.37. The lowest BCUT2D eigenvalue weighted by atomic mass is 10.1. The van der Waals surface area contributed by atoms with Gasteiger partial charge in [0.05, 0.1) is 0 Å². The largest absolute Gasteiger partial charge is 0.480 e. The number of carboxylic acids is 1. The van der Waals surface area contributed by atoms with Gasteiger partial charge in [0, 0.05) is 28.2 Å². The van der Waals surface area contributed by atoms with Crippen molar-refractivity contribution in [1.29, 1.82) is 0 Å². The molecule has 0 radical (unpaired) electrons. The summed E-state index contributed by atoms with van der Waals surface area (Å²) in [7, 11) is 0. The molecule has 3 N–H and O–H groups in total. The number of rotatable bonds is 6. The van der Waals surface area contributed by atoms with Gasteiger partial charge in [0.25, 0.3) is 5.91 Å². The number of benzene rings is 2. The van der Waals surface area contributed by atoms with Crippen molar-refractivity contribution in [3.05, 3.63) is 63.2 Å². The molecule has 0 unspecified atom stereocenters. The number of carbonyl (C=O) groups excluding carboxylic acids is 2. The maximum atomic E-state index is 12.4. The van der Waals surface area contributed by atoms with E-state index in [9.17, 15) is 19.5 Å². The van der Waals surface area contributed by atoms with Crippen LogP contribution in [0.5, 0.6) is 0 Å². The molecule has 0 fully saturated rings. The molecular formula is C18H17IN2O4. The average molecular weight is 452 g/mol. The van der Waals surface area contributed by atoms with Crippen LogP contribution in [0.1, 0.15) is 22.8 Å². The van der Waals surface area contributed by atoms with Crippen LogP contribution in [0.3, 0.4) is 0 Å². The molecule has 1 atom stereocenters. The highest BCUT2D eigenvalue weighted by molar-refractivity contribution is 14.1. The van der Waals surface area contributed by atoms with Gasteiger partial charge in [0.15, 0.2) is 0 Å². The first-order valence-electron chi connectivity index (χ1n) is 7.51. The minimum absolute atomic E-state index is 0.184. The zero-order valence-corrected chi connectivity index (χ0v) is 15.6. The fraction of sp³-hybridized carbons (Fsp3) is 0.167. The molecule has 2 aromatic rings. The van der Waals surface area contributed by atoms with E-state index in [1.54, 1.807) is 18.2 Å². The van der Waals surface area contributed by atoms with Crippen LogP contribution in [0.15, 0.2) is 48.5 Å². The lowest BCUT2D eigenvalue weighted by Crippen LogP contribution is -2.42. The molecule has 2 amide bonds. The molecule has 0 saturated carbocycles. The summed E-state index contributed by atoms with van der Waals surface area (Å²) in [4.78, 5) is 35.0. The third kappa shape index (κ3) is 5.86. The smallest absolute Gasteiger partial charge is 0.326 e. The van der Waals surface area contributed by atoms with Crippen LogP contribution in [0, 0.1) is 3.57 Å². The van der Waals surface area contributed by atoms with Gasteiger partial charge in [-0.15, -0.1) is 0 Å². The predicted molar refractivity (Wildman–Crippen MR) is 102 cm³/mol. The lowest BCUT2D eigenvalue weighted by Gasteiger charge is -2.15. The molecule has 2 rings (SSSR count). The van der Waals surface area contributed by atoms with E-state index in [1.807, 2.05) is 24.3 Å². The summed E-state index contributed by atoms with van der Waals surface area (Å²) in [5.74, 6) is -1.87. The molecule has 0 bridgehead atoms. The van der Waals surface area contributed by atoms with Crippen molar-refractivity contribution in [3.63, 3.8) is 0 Å². The molecule has 6 nitrogen and oxygen atoms in total. The number of aliphatic carboxylic acids is 1. The Morgan fingerprint density at radius 2 is 1.84 bits per heavy atom. The summed E-state index contributed by atoms with van der Waals surface area (Å²) < 4.78 is 0.994. The monoisotopic (exact) mass is 452 g/mol. The Bertz CT molecular complexity index is 807. The molecular weight excluding hydrogens is 435 g/mol. The number of carbonyl (C=O) groups is 3. The van der Waals surface area contributed by atoms with Crippen LogP contribution in [0.4, 0.5) is 5.69 Å². The molecule has 0 spiro atoms. The van der Waals surface area contributed by atoms with Crippen LogP contribution < -0.4 is 10.6 Å². The summed E-state index contributed by atoms with van der Waals surface area (Å²) in [5, 5.41) is 14.5. The Morgan fingerprint density at radius 3 is 2.48 bits per heavy atom. The fourth-order valence-corrected chi connectivity index (χ4v) is 2.89. The van der Waals surface area contributed by atoms with Crippen LogP contribution >= 0.6 is 22.6 Å². The fourth-order valence-electron chi connectivity index (χ4n) is 2.28. The minimum Gasteiger partial charge on any atom is -0.480 e. The van der Waals surface area contributed by atoms with Crippen molar-refractivity contribution in [1.82, 2.24) is 5.32 Å². The maximum Gasteiger partial charge on any atom is 0.326 e. The van der Waals surface area contributed by atoms with Crippen molar-refractivity contribution in [3.8, 4) is 0 Å². The molecule has 2 aromatic carbocycles. The quantitative estimate of drug-likeness (QED) is 0.588. The van der Waals surface area contributed by atoms with Gasteiger partial charge < -0.3 is 15.7 Å². The van der Waals surface area contributed by atoms with Gasteiger partial charge in [-0.25, -0.2) is 4.79 Å². The normalized spacial score (nSPS) is 11.4. The average Bonchev–Trinajstić information content (AvgIpc) is 2.53. The number of nitrogens with one attached hydrogen (secondary N) is 2. The van der Waals surface area contributed by atoms with Gasteiger partial charge in [0.1, 0.15) is 6.04 Å². The van der Waals surface area contributed by atoms with Crippen LogP contribution in [-0.2, 0) is 16.0 Å². The summed E-state index contributed by atoms with van der Waals surface area (Å²) in [6, 6.07) is 12.7. The Hall–Kier alpha value is -2.42. The highest BCUT2D eigenvalue weighted by atomic mass is 127. The molecule has 25 heavy (non-hydrogen) atoms. The Kier molecular flexibility index (Phi) is 6.51. The van der Waals surface area contributed by atoms with Gasteiger partial charge in [-0.3, -0.25) is 9.59 Å². The lowest BCUT2D eigenvalue weighted by molar-refractivity contribution is -0.139. The van der Waals surface area contributed by atoms with Gasteiger partial charge in [-0.2, -0.15) is 0 Å². The third-order valence-electron chi connectivity index (χ3n) is 3.38. The summed E-state index contributed by atoms with van der Waals surface area (Å²) in [6.07, 6.45) is 0.184. The van der Waals surface area contributed by atoms with Crippen molar-refractivity contribution in [2.24, 2.45) is 0 Å². The highest BCUT2D eigenvalue weighted by Crippen LogP contribution is 2.13. The van der Waals surface area contributed by atoms with Crippen molar-refractivity contribution < 1.29 is 19.5 Å². The second-order valence-corrected chi connectivity index (χ2v) is 6.71. The first-order chi connectivity index (χ1) is 11.8. The number of halogens is 1. The molecule has 0 aliphatic carbocycles. The number of hydrogen-bond donors (Lipinski definition) is 3. The van der Waals surface area contributed by atoms with E-state index >= 15 is 0 Å². The van der Waals surface area contributed by atoms with Crippen LogP contribution in [-0.4, -0.2) is 28.9 Å². The molecule has 7 heteroatoms. The number of carboxylic acid groups (broad SMARTS) is 1. The van der Waals surface area contributed by atoms with Crippen LogP contribution in [0.25, 0.3) is 0 Å². The van der Waals surface area contributed by atoms with E-state index < -0.39 is 17.9 Å². The second-order valence-electron chi connectivity index (χ2n) is 5.46. The van der Waals surface area contributed by atoms with Gasteiger partial charge in [0.2, 0.25) is 5.91 Å². The topological polar surface area (TPSA) is 95.5 Å². The van der Waals surface area contributed by atoms with Crippen LogP contribution in [0.2, 0.25) is 0 Å². The highest BCUT2D eigenvalue weighted by Gasteiger charge is 2.21. The molecule has 0 heterocycles. The van der Waals surface area contributed by atoms with Gasteiger partial charge in [-0.1, -0.05) is 18.2 Å². The van der Waals surface area contributed by atoms with E-state index in [-0.39, 0.29) is 17.9 Å². The van der Waals surface area contributed by atoms with Crippen molar-refractivity contribution >= 4 is 46.1 Å². The Labute approximate surface area is 158 Å². The van der Waals surface area contributed by atoms with Gasteiger partial charge >= 0.3 is 5.97 Å². The van der Waals surface area contributed by atoms with Crippen molar-refractivity contribution in [2.45, 2.75) is 19.4 Å². The molecule has 0 saturated heterocycles. The van der Waals surface area contributed by atoms with Gasteiger partial charge in [-0.05, 0) is 58.5 Å². The molecule has 0 aliphatic rings. The van der Waals surface area contributed by atoms with E-state index in [0.717, 1.165) is 9.13 Å². The van der Waals surface area contributed by atoms with E-state index in [1.165, 1.54) is 13.0 Å².